The Morgan fingerprint density at radius 1 is 0.964 bits per heavy atom. The van der Waals surface area contributed by atoms with Crippen LogP contribution in [0.5, 0.6) is 0 Å². The first-order chi connectivity index (χ1) is 13.9. The lowest BCUT2D eigenvalue weighted by Gasteiger charge is -2.26. The molecule has 7 heteroatoms. The van der Waals surface area contributed by atoms with E-state index in [0.29, 0.717) is 5.82 Å². The maximum absolute atomic E-state index is 5.40. The molecular formula is C21H24N6O. The molecule has 1 saturated heterocycles. The van der Waals surface area contributed by atoms with Crippen molar-refractivity contribution in [2.75, 3.05) is 44.7 Å². The van der Waals surface area contributed by atoms with Crippen molar-refractivity contribution in [2.24, 2.45) is 0 Å². The molecule has 0 saturated carbocycles. The van der Waals surface area contributed by atoms with E-state index in [1.54, 1.807) is 18.6 Å². The molecule has 0 unspecified atom stereocenters. The topological polar surface area (TPSA) is 76.1 Å². The van der Waals surface area contributed by atoms with E-state index in [9.17, 15) is 0 Å². The molecule has 0 spiro atoms. The highest BCUT2D eigenvalue weighted by Crippen LogP contribution is 2.22. The minimum Gasteiger partial charge on any atom is -0.379 e. The number of hydrogen-bond donors (Lipinski definition) is 1. The number of aromatic nitrogens is 4. The number of ether oxygens (including phenoxy) is 1. The lowest BCUT2D eigenvalue weighted by molar-refractivity contribution is 0.0378. The number of rotatable bonds is 7. The number of nitrogens with zero attached hydrogens (tertiary/aromatic N) is 5. The van der Waals surface area contributed by atoms with Gasteiger partial charge in [0, 0.05) is 49.9 Å². The summed E-state index contributed by atoms with van der Waals surface area (Å²) in [7, 11) is 0. The Hall–Kier alpha value is -2.90. The largest absolute Gasteiger partial charge is 0.379 e. The van der Waals surface area contributed by atoms with Gasteiger partial charge in [-0.05, 0) is 37.2 Å². The van der Waals surface area contributed by atoms with Crippen molar-refractivity contribution in [3.05, 3.63) is 55.0 Å². The molecule has 144 valence electrons. The zero-order chi connectivity index (χ0) is 19.0. The van der Waals surface area contributed by atoms with Crippen LogP contribution in [0.25, 0.3) is 22.8 Å². The Labute approximate surface area is 164 Å². The Kier molecular flexibility index (Phi) is 6.16. The average molecular weight is 376 g/mol. The Morgan fingerprint density at radius 3 is 2.61 bits per heavy atom. The molecule has 0 radical (unpaired) electrons. The first-order valence-corrected chi connectivity index (χ1v) is 9.63. The quantitative estimate of drug-likeness (QED) is 0.635. The van der Waals surface area contributed by atoms with Crippen LogP contribution < -0.4 is 5.32 Å². The molecule has 0 atom stereocenters. The monoisotopic (exact) mass is 376 g/mol. The van der Waals surface area contributed by atoms with Crippen LogP contribution >= 0.6 is 0 Å². The highest BCUT2D eigenvalue weighted by molar-refractivity contribution is 5.65. The fraction of sp³-hybridized carbons (Fsp3) is 0.333. The number of nitrogens with one attached hydrogen (secondary N) is 1. The summed E-state index contributed by atoms with van der Waals surface area (Å²) in [5.41, 5.74) is 2.57. The van der Waals surface area contributed by atoms with Gasteiger partial charge in [-0.25, -0.2) is 9.97 Å². The molecule has 1 N–H and O–H groups in total. The minimum absolute atomic E-state index is 0.668. The van der Waals surface area contributed by atoms with Crippen molar-refractivity contribution in [2.45, 2.75) is 6.42 Å². The van der Waals surface area contributed by atoms with Gasteiger partial charge in [-0.2, -0.15) is 0 Å². The third-order valence-electron chi connectivity index (χ3n) is 4.65. The van der Waals surface area contributed by atoms with E-state index >= 15 is 0 Å². The van der Waals surface area contributed by atoms with E-state index in [0.717, 1.165) is 68.6 Å². The molecular weight excluding hydrogens is 352 g/mol. The van der Waals surface area contributed by atoms with Gasteiger partial charge < -0.3 is 10.1 Å². The van der Waals surface area contributed by atoms with Gasteiger partial charge in [0.2, 0.25) is 0 Å². The van der Waals surface area contributed by atoms with Gasteiger partial charge in [-0.1, -0.05) is 6.07 Å². The van der Waals surface area contributed by atoms with Gasteiger partial charge >= 0.3 is 0 Å². The lowest BCUT2D eigenvalue weighted by atomic mass is 10.2. The van der Waals surface area contributed by atoms with Crippen LogP contribution in [-0.2, 0) is 4.74 Å². The fourth-order valence-corrected chi connectivity index (χ4v) is 3.16. The number of pyridine rings is 2. The van der Waals surface area contributed by atoms with Crippen LogP contribution in [0.3, 0.4) is 0 Å². The number of morpholine rings is 1. The summed E-state index contributed by atoms with van der Waals surface area (Å²) < 4.78 is 5.40. The molecule has 0 aliphatic carbocycles. The van der Waals surface area contributed by atoms with Crippen LogP contribution in [0.4, 0.5) is 5.82 Å². The van der Waals surface area contributed by atoms with Gasteiger partial charge in [0.15, 0.2) is 5.82 Å². The summed E-state index contributed by atoms with van der Waals surface area (Å²) in [4.78, 5) is 20.4. The first kappa shape index (κ1) is 18.5. The van der Waals surface area contributed by atoms with Gasteiger partial charge in [0.25, 0.3) is 0 Å². The summed E-state index contributed by atoms with van der Waals surface area (Å²) >= 11 is 0. The number of hydrogen-bond acceptors (Lipinski definition) is 7. The molecule has 4 heterocycles. The molecule has 4 rings (SSSR count). The maximum Gasteiger partial charge on any atom is 0.162 e. The van der Waals surface area contributed by atoms with Crippen molar-refractivity contribution in [1.82, 2.24) is 24.8 Å². The zero-order valence-electron chi connectivity index (χ0n) is 15.8. The molecule has 1 aliphatic rings. The smallest absolute Gasteiger partial charge is 0.162 e. The predicted octanol–water partition coefficient (Wildman–Crippen LogP) is 2.73. The third-order valence-corrected chi connectivity index (χ3v) is 4.65. The van der Waals surface area contributed by atoms with Crippen molar-refractivity contribution in [1.29, 1.82) is 0 Å². The molecule has 0 bridgehead atoms. The fourth-order valence-electron chi connectivity index (χ4n) is 3.16. The molecule has 1 fully saturated rings. The molecule has 3 aromatic rings. The zero-order valence-corrected chi connectivity index (χ0v) is 15.8. The number of anilines is 1. The highest BCUT2D eigenvalue weighted by Gasteiger charge is 2.11. The van der Waals surface area contributed by atoms with Crippen LogP contribution in [-0.4, -0.2) is 64.2 Å². The van der Waals surface area contributed by atoms with E-state index in [1.807, 2.05) is 36.4 Å². The predicted molar refractivity (Wildman–Crippen MR) is 109 cm³/mol. The molecule has 7 nitrogen and oxygen atoms in total. The second kappa shape index (κ2) is 9.34. The van der Waals surface area contributed by atoms with E-state index < -0.39 is 0 Å². The van der Waals surface area contributed by atoms with Crippen molar-refractivity contribution in [3.63, 3.8) is 0 Å². The van der Waals surface area contributed by atoms with Gasteiger partial charge in [-0.15, -0.1) is 0 Å². The summed E-state index contributed by atoms with van der Waals surface area (Å²) in [6.07, 6.45) is 6.33. The normalized spacial score (nSPS) is 14.7. The Morgan fingerprint density at radius 2 is 1.82 bits per heavy atom. The van der Waals surface area contributed by atoms with Gasteiger partial charge in [0.05, 0.1) is 24.6 Å². The SMILES string of the molecule is c1ccc(-c2cc(NCCCN3CCOCC3)nc(-c3ccncc3)n2)nc1. The van der Waals surface area contributed by atoms with E-state index in [-0.39, 0.29) is 0 Å². The van der Waals surface area contributed by atoms with Crippen LogP contribution in [0, 0.1) is 0 Å². The van der Waals surface area contributed by atoms with E-state index in [1.165, 1.54) is 0 Å². The van der Waals surface area contributed by atoms with Gasteiger partial charge in [-0.3, -0.25) is 14.9 Å². The van der Waals surface area contributed by atoms with Crippen molar-refractivity contribution >= 4 is 5.82 Å². The molecule has 1 aliphatic heterocycles. The third kappa shape index (κ3) is 4.88. The molecule has 28 heavy (non-hydrogen) atoms. The molecule has 3 aromatic heterocycles. The second-order valence-corrected chi connectivity index (χ2v) is 6.65. The van der Waals surface area contributed by atoms with Crippen LogP contribution in [0.1, 0.15) is 6.42 Å². The highest BCUT2D eigenvalue weighted by atomic mass is 16.5. The molecule has 0 amide bonds. The standard InChI is InChI=1S/C21H24N6O/c1-2-7-23-18(4-1)19-16-20(24-8-3-11-27-12-14-28-15-13-27)26-21(25-19)17-5-9-22-10-6-17/h1-2,4-7,9-10,16H,3,8,11-15H2,(H,24,25,26). The first-order valence-electron chi connectivity index (χ1n) is 9.63. The van der Waals surface area contributed by atoms with Crippen molar-refractivity contribution < 1.29 is 4.74 Å². The van der Waals surface area contributed by atoms with Gasteiger partial charge in [0.1, 0.15) is 5.82 Å². The minimum atomic E-state index is 0.668. The van der Waals surface area contributed by atoms with Crippen LogP contribution in [0.2, 0.25) is 0 Å². The maximum atomic E-state index is 5.40. The van der Waals surface area contributed by atoms with E-state index in [2.05, 4.69) is 20.2 Å². The second-order valence-electron chi connectivity index (χ2n) is 6.65. The average Bonchev–Trinajstić information content (AvgIpc) is 2.78. The van der Waals surface area contributed by atoms with Crippen LogP contribution in [0.15, 0.2) is 55.0 Å². The summed E-state index contributed by atoms with van der Waals surface area (Å²) in [6, 6.07) is 11.6. The Bertz CT molecular complexity index is 811. The van der Waals surface area contributed by atoms with E-state index in [4.69, 9.17) is 14.7 Å². The summed E-state index contributed by atoms with van der Waals surface area (Å²) in [6.45, 7) is 5.62. The lowest BCUT2D eigenvalue weighted by Crippen LogP contribution is -2.37. The summed E-state index contributed by atoms with van der Waals surface area (Å²) in [5, 5.41) is 3.45. The molecule has 0 aromatic carbocycles. The van der Waals surface area contributed by atoms with Crippen molar-refractivity contribution in [3.8, 4) is 22.8 Å². The summed E-state index contributed by atoms with van der Waals surface area (Å²) in [5.74, 6) is 1.48. The Balaban J connectivity index is 1.49.